The fraction of sp³-hybridized carbons (Fsp3) is 1.00. The second kappa shape index (κ2) is 20.0. The summed E-state index contributed by atoms with van der Waals surface area (Å²) in [5.41, 5.74) is 0. The molecule has 0 atom stereocenters. The second-order valence-corrected chi connectivity index (χ2v) is 7.67. The highest BCUT2D eigenvalue weighted by molar-refractivity contribution is 4.51. The van der Waals surface area contributed by atoms with Gasteiger partial charge < -0.3 is 0 Å². The third-order valence-corrected chi connectivity index (χ3v) is 4.77. The Bertz CT molecular complexity index is 204. The van der Waals surface area contributed by atoms with E-state index in [4.69, 9.17) is 5.26 Å². The maximum absolute atomic E-state index is 8.21. The minimum Gasteiger partial charge on any atom is -0.252 e. The summed E-state index contributed by atoms with van der Waals surface area (Å²) >= 11 is 0. The molecule has 0 unspecified atom stereocenters. The van der Waals surface area contributed by atoms with Crippen LogP contribution >= 0.6 is 0 Å². The Balaban J connectivity index is 2.95. The molecule has 0 aromatic heterocycles. The van der Waals surface area contributed by atoms with E-state index >= 15 is 0 Å². The Morgan fingerprint density at radius 3 is 1.13 bits per heavy atom. The van der Waals surface area contributed by atoms with Crippen molar-refractivity contribution in [2.24, 2.45) is 5.92 Å². The fourth-order valence-electron chi connectivity index (χ4n) is 3.19. The normalized spacial score (nSPS) is 11.5. The molecule has 0 saturated carbocycles. The van der Waals surface area contributed by atoms with Gasteiger partial charge in [-0.25, -0.2) is 4.89 Å². The first-order valence-electron chi connectivity index (χ1n) is 10.5. The van der Waals surface area contributed by atoms with E-state index in [1.165, 1.54) is 103 Å². The summed E-state index contributed by atoms with van der Waals surface area (Å²) < 4.78 is 0. The maximum Gasteiger partial charge on any atom is 0.0819 e. The fourth-order valence-corrected chi connectivity index (χ4v) is 3.19. The predicted octanol–water partition coefficient (Wildman–Crippen LogP) is 7.76. The van der Waals surface area contributed by atoms with Gasteiger partial charge in [0.1, 0.15) is 0 Å². The van der Waals surface area contributed by atoms with E-state index in [1.54, 1.807) is 0 Å². The quantitative estimate of drug-likeness (QED) is 0.149. The number of unbranched alkanes of at least 4 members (excludes halogenated alkanes) is 15. The topological polar surface area (TPSA) is 29.5 Å². The van der Waals surface area contributed by atoms with Crippen molar-refractivity contribution in [3.8, 4) is 0 Å². The van der Waals surface area contributed by atoms with E-state index in [9.17, 15) is 0 Å². The smallest absolute Gasteiger partial charge is 0.0819 e. The molecule has 0 spiro atoms. The van der Waals surface area contributed by atoms with Gasteiger partial charge in [0.15, 0.2) is 0 Å². The number of hydrogen-bond donors (Lipinski definition) is 1. The molecule has 0 aliphatic heterocycles. The van der Waals surface area contributed by atoms with Crippen molar-refractivity contribution in [2.45, 2.75) is 123 Å². The summed E-state index contributed by atoms with van der Waals surface area (Å²) in [6.45, 7) is 5.15. The third kappa shape index (κ3) is 21.9. The van der Waals surface area contributed by atoms with E-state index in [0.717, 1.165) is 12.3 Å². The van der Waals surface area contributed by atoms with Crippen LogP contribution in [-0.2, 0) is 4.89 Å². The van der Waals surface area contributed by atoms with Gasteiger partial charge in [-0.1, -0.05) is 117 Å². The van der Waals surface area contributed by atoms with Crippen molar-refractivity contribution in [1.82, 2.24) is 0 Å². The van der Waals surface area contributed by atoms with Crippen molar-refractivity contribution in [2.75, 3.05) is 6.61 Å². The predicted molar refractivity (Wildman–Crippen MR) is 102 cm³/mol. The van der Waals surface area contributed by atoms with Gasteiger partial charge >= 0.3 is 0 Å². The standard InChI is InChI=1S/C21H44O2/c1-21(2)19-17-15-13-11-9-7-5-3-4-6-8-10-12-14-16-18-20-23-22/h21-22H,3-20H2,1-2H3. The summed E-state index contributed by atoms with van der Waals surface area (Å²) in [6, 6.07) is 0. The highest BCUT2D eigenvalue weighted by atomic mass is 17.1. The molecule has 1 N–H and O–H groups in total. The van der Waals surface area contributed by atoms with Crippen LogP contribution in [0.2, 0.25) is 0 Å². The molecule has 0 bridgehead atoms. The van der Waals surface area contributed by atoms with Crippen molar-refractivity contribution >= 4 is 0 Å². The largest absolute Gasteiger partial charge is 0.252 e. The lowest BCUT2D eigenvalue weighted by atomic mass is 10.0. The van der Waals surface area contributed by atoms with Crippen LogP contribution in [-0.4, -0.2) is 11.9 Å². The van der Waals surface area contributed by atoms with E-state index in [2.05, 4.69) is 18.7 Å². The summed E-state index contributed by atoms with van der Waals surface area (Å²) in [5, 5.41) is 8.21. The zero-order chi connectivity index (χ0) is 17.0. The van der Waals surface area contributed by atoms with Gasteiger partial charge in [0.05, 0.1) is 6.61 Å². The van der Waals surface area contributed by atoms with Crippen LogP contribution in [0.25, 0.3) is 0 Å². The molecule has 0 aliphatic carbocycles. The molecule has 140 valence electrons. The summed E-state index contributed by atoms with van der Waals surface area (Å²) in [7, 11) is 0. The molecule has 23 heavy (non-hydrogen) atoms. The SMILES string of the molecule is CC(C)CCCCCCCCCCCCCCCCCCOO. The van der Waals surface area contributed by atoms with Crippen LogP contribution in [0.5, 0.6) is 0 Å². The van der Waals surface area contributed by atoms with Crippen LogP contribution in [0, 0.1) is 5.92 Å². The Labute approximate surface area is 146 Å². The first-order valence-corrected chi connectivity index (χ1v) is 10.5. The molecule has 0 aromatic carbocycles. The van der Waals surface area contributed by atoms with Crippen molar-refractivity contribution in [3.63, 3.8) is 0 Å². The molecule has 0 saturated heterocycles. The van der Waals surface area contributed by atoms with Crippen LogP contribution < -0.4 is 0 Å². The van der Waals surface area contributed by atoms with Crippen LogP contribution in [0.4, 0.5) is 0 Å². The van der Waals surface area contributed by atoms with E-state index < -0.39 is 0 Å². The molecule has 0 amide bonds. The van der Waals surface area contributed by atoms with Gasteiger partial charge in [-0.15, -0.1) is 0 Å². The van der Waals surface area contributed by atoms with Gasteiger partial charge in [-0.3, -0.25) is 5.26 Å². The lowest BCUT2D eigenvalue weighted by Gasteiger charge is -2.05. The average molecular weight is 329 g/mol. The van der Waals surface area contributed by atoms with E-state index in [-0.39, 0.29) is 0 Å². The molecule has 0 rings (SSSR count). The zero-order valence-electron chi connectivity index (χ0n) is 16.2. The Morgan fingerprint density at radius 2 is 0.826 bits per heavy atom. The van der Waals surface area contributed by atoms with Gasteiger partial charge in [0, 0.05) is 0 Å². The first-order chi connectivity index (χ1) is 11.3. The summed E-state index contributed by atoms with van der Waals surface area (Å²) in [5.74, 6) is 0.885. The molecular weight excluding hydrogens is 284 g/mol. The maximum atomic E-state index is 8.21. The Morgan fingerprint density at radius 1 is 0.522 bits per heavy atom. The van der Waals surface area contributed by atoms with Crippen LogP contribution in [0.3, 0.4) is 0 Å². The zero-order valence-corrected chi connectivity index (χ0v) is 16.2. The van der Waals surface area contributed by atoms with Crippen molar-refractivity contribution < 1.29 is 10.1 Å². The van der Waals surface area contributed by atoms with E-state index in [1.807, 2.05) is 0 Å². The molecular formula is C21H44O2. The first kappa shape index (κ1) is 22.9. The molecule has 2 heteroatoms. The molecule has 0 radical (unpaired) electrons. The summed E-state index contributed by atoms with van der Waals surface area (Å²) in [4.78, 5) is 4.07. The van der Waals surface area contributed by atoms with Gasteiger partial charge in [0.25, 0.3) is 0 Å². The van der Waals surface area contributed by atoms with Gasteiger partial charge in [-0.05, 0) is 12.3 Å². The van der Waals surface area contributed by atoms with Crippen LogP contribution in [0.1, 0.15) is 123 Å². The monoisotopic (exact) mass is 328 g/mol. The lowest BCUT2D eigenvalue weighted by Crippen LogP contribution is -1.89. The second-order valence-electron chi connectivity index (χ2n) is 7.67. The molecule has 2 nitrogen and oxygen atoms in total. The Kier molecular flexibility index (Phi) is 19.9. The molecule has 0 fully saturated rings. The number of hydrogen-bond acceptors (Lipinski definition) is 2. The minimum atomic E-state index is 0.498. The van der Waals surface area contributed by atoms with E-state index in [0.29, 0.717) is 6.61 Å². The van der Waals surface area contributed by atoms with Crippen molar-refractivity contribution in [1.29, 1.82) is 0 Å². The molecule has 0 aromatic rings. The minimum absolute atomic E-state index is 0.498. The third-order valence-electron chi connectivity index (χ3n) is 4.77. The van der Waals surface area contributed by atoms with Gasteiger partial charge in [-0.2, -0.15) is 0 Å². The average Bonchev–Trinajstić information content (AvgIpc) is 2.53. The highest BCUT2D eigenvalue weighted by Gasteiger charge is 1.96. The molecule has 0 aliphatic rings. The van der Waals surface area contributed by atoms with Crippen molar-refractivity contribution in [3.05, 3.63) is 0 Å². The Hall–Kier alpha value is -0.0800. The summed E-state index contributed by atoms with van der Waals surface area (Å²) in [6.07, 6.45) is 23.5. The molecule has 0 heterocycles. The number of rotatable bonds is 19. The van der Waals surface area contributed by atoms with Crippen LogP contribution in [0.15, 0.2) is 0 Å². The van der Waals surface area contributed by atoms with Gasteiger partial charge in [0.2, 0.25) is 0 Å². The lowest BCUT2D eigenvalue weighted by molar-refractivity contribution is -0.242. The highest BCUT2D eigenvalue weighted by Crippen LogP contribution is 2.14.